The molecule has 1 aromatic carbocycles. The molecule has 0 aliphatic carbocycles. The first-order valence-electron chi connectivity index (χ1n) is 7.69. The predicted molar refractivity (Wildman–Crippen MR) is 92.0 cm³/mol. The van der Waals surface area contributed by atoms with Crippen molar-refractivity contribution in [2.24, 2.45) is 0 Å². The number of nitrogens with one attached hydrogen (secondary N) is 1. The van der Waals surface area contributed by atoms with E-state index in [1.165, 1.54) is 20.7 Å². The third-order valence-corrected chi connectivity index (χ3v) is 5.03. The SMILES string of the molecule is CCc1ccc(CNCCCn2ccc3ccccc32)s1. The van der Waals surface area contributed by atoms with Gasteiger partial charge in [0, 0.05) is 34.6 Å². The topological polar surface area (TPSA) is 17.0 Å². The van der Waals surface area contributed by atoms with Crippen molar-refractivity contribution >= 4 is 22.2 Å². The zero-order valence-electron chi connectivity index (χ0n) is 12.5. The second-order valence-electron chi connectivity index (χ2n) is 5.32. The van der Waals surface area contributed by atoms with E-state index in [0.29, 0.717) is 0 Å². The van der Waals surface area contributed by atoms with Crippen LogP contribution in [0, 0.1) is 0 Å². The third-order valence-electron chi connectivity index (χ3n) is 3.80. The number of fused-ring (bicyclic) bond motifs is 1. The smallest absolute Gasteiger partial charge is 0.0480 e. The van der Waals surface area contributed by atoms with Crippen LogP contribution in [0.2, 0.25) is 0 Å². The van der Waals surface area contributed by atoms with Crippen LogP contribution in [-0.4, -0.2) is 11.1 Å². The van der Waals surface area contributed by atoms with E-state index < -0.39 is 0 Å². The van der Waals surface area contributed by atoms with Crippen molar-refractivity contribution in [3.8, 4) is 0 Å². The van der Waals surface area contributed by atoms with Crippen molar-refractivity contribution in [3.63, 3.8) is 0 Å². The molecular weight excluding hydrogens is 276 g/mol. The van der Waals surface area contributed by atoms with Crippen LogP contribution in [0.25, 0.3) is 10.9 Å². The van der Waals surface area contributed by atoms with Gasteiger partial charge in [0.05, 0.1) is 0 Å². The van der Waals surface area contributed by atoms with Crippen molar-refractivity contribution in [1.82, 2.24) is 9.88 Å². The Morgan fingerprint density at radius 1 is 1.05 bits per heavy atom. The summed E-state index contributed by atoms with van der Waals surface area (Å²) >= 11 is 1.92. The molecule has 110 valence electrons. The summed E-state index contributed by atoms with van der Waals surface area (Å²) < 4.78 is 2.34. The summed E-state index contributed by atoms with van der Waals surface area (Å²) in [6.07, 6.45) is 4.49. The van der Waals surface area contributed by atoms with E-state index in [0.717, 1.165) is 32.5 Å². The number of rotatable bonds is 7. The molecule has 2 heterocycles. The average Bonchev–Trinajstić information content (AvgIpc) is 3.14. The Labute approximate surface area is 130 Å². The van der Waals surface area contributed by atoms with Crippen LogP contribution in [0.5, 0.6) is 0 Å². The number of hydrogen-bond donors (Lipinski definition) is 1. The van der Waals surface area contributed by atoms with E-state index >= 15 is 0 Å². The van der Waals surface area contributed by atoms with Gasteiger partial charge in [0.25, 0.3) is 0 Å². The molecule has 2 aromatic heterocycles. The van der Waals surface area contributed by atoms with Crippen LogP contribution in [-0.2, 0) is 19.5 Å². The molecule has 0 atom stereocenters. The van der Waals surface area contributed by atoms with E-state index in [1.807, 2.05) is 11.3 Å². The highest BCUT2D eigenvalue weighted by Gasteiger charge is 2.00. The largest absolute Gasteiger partial charge is 0.347 e. The van der Waals surface area contributed by atoms with Gasteiger partial charge in [-0.2, -0.15) is 0 Å². The van der Waals surface area contributed by atoms with Crippen LogP contribution in [0.15, 0.2) is 48.7 Å². The van der Waals surface area contributed by atoms with Crippen LogP contribution in [0.1, 0.15) is 23.1 Å². The number of benzene rings is 1. The summed E-state index contributed by atoms with van der Waals surface area (Å²) in [5.74, 6) is 0. The summed E-state index contributed by atoms with van der Waals surface area (Å²) in [4.78, 5) is 2.92. The first kappa shape index (κ1) is 14.4. The van der Waals surface area contributed by atoms with Crippen molar-refractivity contribution in [3.05, 3.63) is 58.4 Å². The zero-order valence-corrected chi connectivity index (χ0v) is 13.3. The highest BCUT2D eigenvalue weighted by molar-refractivity contribution is 7.11. The standard InChI is InChI=1S/C18H22N2S/c1-2-16-8-9-17(21-16)14-19-11-5-12-20-13-10-15-6-3-4-7-18(15)20/h3-4,6-10,13,19H,2,5,11-12,14H2,1H3. The Balaban J connectivity index is 1.44. The lowest BCUT2D eigenvalue weighted by Gasteiger charge is -2.06. The van der Waals surface area contributed by atoms with E-state index in [-0.39, 0.29) is 0 Å². The predicted octanol–water partition coefficient (Wildman–Crippen LogP) is 4.45. The third kappa shape index (κ3) is 3.55. The summed E-state index contributed by atoms with van der Waals surface area (Å²) in [5.41, 5.74) is 1.34. The number of aryl methyl sites for hydroxylation is 2. The molecule has 0 saturated carbocycles. The Morgan fingerprint density at radius 2 is 1.90 bits per heavy atom. The maximum Gasteiger partial charge on any atom is 0.0480 e. The zero-order chi connectivity index (χ0) is 14.5. The molecule has 0 aliphatic rings. The first-order valence-corrected chi connectivity index (χ1v) is 8.50. The van der Waals surface area contributed by atoms with Gasteiger partial charge in [-0.05, 0) is 49.0 Å². The van der Waals surface area contributed by atoms with Gasteiger partial charge >= 0.3 is 0 Å². The van der Waals surface area contributed by atoms with Gasteiger partial charge in [0.2, 0.25) is 0 Å². The molecule has 3 heteroatoms. The molecule has 0 spiro atoms. The highest BCUT2D eigenvalue weighted by Crippen LogP contribution is 2.17. The van der Waals surface area contributed by atoms with Gasteiger partial charge < -0.3 is 9.88 Å². The molecule has 0 bridgehead atoms. The van der Waals surface area contributed by atoms with Crippen molar-refractivity contribution < 1.29 is 0 Å². The quantitative estimate of drug-likeness (QED) is 0.638. The monoisotopic (exact) mass is 298 g/mol. The molecule has 2 nitrogen and oxygen atoms in total. The van der Waals surface area contributed by atoms with Crippen LogP contribution in [0.3, 0.4) is 0 Å². The number of para-hydroxylation sites is 1. The van der Waals surface area contributed by atoms with Crippen molar-refractivity contribution in [1.29, 1.82) is 0 Å². The molecular formula is C18H22N2S. The maximum absolute atomic E-state index is 3.55. The molecule has 0 aliphatic heterocycles. The fraction of sp³-hybridized carbons (Fsp3) is 0.333. The van der Waals surface area contributed by atoms with Gasteiger partial charge in [0.15, 0.2) is 0 Å². The fourth-order valence-corrected chi connectivity index (χ4v) is 3.56. The van der Waals surface area contributed by atoms with Crippen molar-refractivity contribution in [2.75, 3.05) is 6.54 Å². The van der Waals surface area contributed by atoms with Crippen LogP contribution in [0.4, 0.5) is 0 Å². The van der Waals surface area contributed by atoms with Crippen molar-refractivity contribution in [2.45, 2.75) is 32.9 Å². The number of hydrogen-bond acceptors (Lipinski definition) is 2. The van der Waals surface area contributed by atoms with Crippen LogP contribution < -0.4 is 5.32 Å². The summed E-state index contributed by atoms with van der Waals surface area (Å²) in [6, 6.07) is 15.3. The Morgan fingerprint density at radius 3 is 2.76 bits per heavy atom. The van der Waals surface area contributed by atoms with Gasteiger partial charge in [-0.15, -0.1) is 11.3 Å². The molecule has 1 N–H and O–H groups in total. The van der Waals surface area contributed by atoms with Gasteiger partial charge in [-0.1, -0.05) is 25.1 Å². The molecule has 0 amide bonds. The van der Waals surface area contributed by atoms with Gasteiger partial charge in [-0.3, -0.25) is 0 Å². The van der Waals surface area contributed by atoms with Crippen LogP contribution >= 0.6 is 11.3 Å². The average molecular weight is 298 g/mol. The molecule has 21 heavy (non-hydrogen) atoms. The summed E-state index contributed by atoms with van der Waals surface area (Å²) in [5, 5.41) is 4.88. The lowest BCUT2D eigenvalue weighted by molar-refractivity contribution is 0.593. The Kier molecular flexibility index (Phi) is 4.73. The molecule has 3 rings (SSSR count). The van der Waals surface area contributed by atoms with Gasteiger partial charge in [-0.25, -0.2) is 0 Å². The second kappa shape index (κ2) is 6.92. The molecule has 0 unspecified atom stereocenters. The second-order valence-corrected chi connectivity index (χ2v) is 6.57. The molecule has 0 saturated heterocycles. The summed E-state index contributed by atoms with van der Waals surface area (Å²) in [7, 11) is 0. The fourth-order valence-electron chi connectivity index (χ4n) is 2.63. The lowest BCUT2D eigenvalue weighted by Crippen LogP contribution is -2.15. The number of aromatic nitrogens is 1. The van der Waals surface area contributed by atoms with E-state index in [1.54, 1.807) is 0 Å². The van der Waals surface area contributed by atoms with E-state index in [4.69, 9.17) is 0 Å². The minimum absolute atomic E-state index is 0.997. The summed E-state index contributed by atoms with van der Waals surface area (Å²) in [6.45, 7) is 5.35. The van der Waals surface area contributed by atoms with E-state index in [2.05, 4.69) is 65.5 Å². The maximum atomic E-state index is 3.55. The Bertz CT molecular complexity index is 696. The lowest BCUT2D eigenvalue weighted by atomic mass is 10.2. The minimum Gasteiger partial charge on any atom is -0.347 e. The molecule has 0 radical (unpaired) electrons. The Hall–Kier alpha value is -1.58. The van der Waals surface area contributed by atoms with Gasteiger partial charge in [0.1, 0.15) is 0 Å². The normalized spacial score (nSPS) is 11.3. The number of thiophene rings is 1. The minimum atomic E-state index is 0.997. The number of nitrogens with zero attached hydrogens (tertiary/aromatic N) is 1. The first-order chi connectivity index (χ1) is 10.4. The molecule has 0 fully saturated rings. The highest BCUT2D eigenvalue weighted by atomic mass is 32.1. The van der Waals surface area contributed by atoms with E-state index in [9.17, 15) is 0 Å². The molecule has 3 aromatic rings.